The zero-order chi connectivity index (χ0) is 10.9. The maximum atomic E-state index is 11.0. The first-order valence-corrected chi connectivity index (χ1v) is 4.05. The summed E-state index contributed by atoms with van der Waals surface area (Å²) in [6.07, 6.45) is 0. The van der Waals surface area contributed by atoms with Gasteiger partial charge in [-0.25, -0.2) is 0 Å². The smallest absolute Gasteiger partial charge is 0.292 e. The Morgan fingerprint density at radius 1 is 1.57 bits per heavy atom. The second kappa shape index (κ2) is 3.63. The fourth-order valence-electron chi connectivity index (χ4n) is 1.01. The highest BCUT2D eigenvalue weighted by Crippen LogP contribution is 2.28. The minimum absolute atomic E-state index is 0.0509. The average molecular weight is 215 g/mol. The van der Waals surface area contributed by atoms with Crippen molar-refractivity contribution in [2.24, 2.45) is 0 Å². The fraction of sp³-hybridized carbons (Fsp3) is 0.125. The zero-order valence-electron chi connectivity index (χ0n) is 7.28. The fourth-order valence-corrected chi connectivity index (χ4v) is 1.31. The standard InChI is InChI=1S/C8H7ClN2O3/c1-4(12)5-2-8(11(13)14)7(10)3-6(5)9/h2-3H,10H2,1H3. The summed E-state index contributed by atoms with van der Waals surface area (Å²) in [5.41, 5.74) is 5.10. The molecule has 0 radical (unpaired) electrons. The van der Waals surface area contributed by atoms with Gasteiger partial charge in [0.2, 0.25) is 0 Å². The lowest BCUT2D eigenvalue weighted by atomic mass is 10.1. The highest BCUT2D eigenvalue weighted by atomic mass is 35.5. The van der Waals surface area contributed by atoms with Crippen LogP contribution in [0.4, 0.5) is 11.4 Å². The highest BCUT2D eigenvalue weighted by Gasteiger charge is 2.17. The Kier molecular flexibility index (Phi) is 2.71. The molecule has 0 aliphatic carbocycles. The maximum Gasteiger partial charge on any atom is 0.292 e. The second-order valence-electron chi connectivity index (χ2n) is 2.70. The number of nitro groups is 1. The van der Waals surface area contributed by atoms with Gasteiger partial charge in [0.1, 0.15) is 5.69 Å². The number of nitrogen functional groups attached to an aromatic ring is 1. The molecular weight excluding hydrogens is 208 g/mol. The van der Waals surface area contributed by atoms with E-state index in [1.165, 1.54) is 13.0 Å². The predicted molar refractivity (Wildman–Crippen MR) is 52.5 cm³/mol. The third kappa shape index (κ3) is 1.82. The molecule has 1 rings (SSSR count). The van der Waals surface area contributed by atoms with Crippen LogP contribution >= 0.6 is 11.6 Å². The van der Waals surface area contributed by atoms with Crippen molar-refractivity contribution in [1.82, 2.24) is 0 Å². The van der Waals surface area contributed by atoms with Crippen molar-refractivity contribution < 1.29 is 9.72 Å². The third-order valence-corrected chi connectivity index (χ3v) is 2.01. The van der Waals surface area contributed by atoms with E-state index in [4.69, 9.17) is 17.3 Å². The molecule has 0 unspecified atom stereocenters. The molecule has 5 nitrogen and oxygen atoms in total. The summed E-state index contributed by atoms with van der Waals surface area (Å²) in [5.74, 6) is -0.335. The van der Waals surface area contributed by atoms with Crippen molar-refractivity contribution in [2.45, 2.75) is 6.92 Å². The molecular formula is C8H7ClN2O3. The third-order valence-electron chi connectivity index (χ3n) is 1.69. The van der Waals surface area contributed by atoms with Crippen molar-refractivity contribution in [2.75, 3.05) is 5.73 Å². The number of rotatable bonds is 2. The largest absolute Gasteiger partial charge is 0.393 e. The summed E-state index contributed by atoms with van der Waals surface area (Å²) in [6.45, 7) is 1.28. The van der Waals surface area contributed by atoms with E-state index in [-0.39, 0.29) is 27.7 Å². The minimum Gasteiger partial charge on any atom is -0.393 e. The van der Waals surface area contributed by atoms with E-state index < -0.39 is 4.92 Å². The minimum atomic E-state index is -0.655. The van der Waals surface area contributed by atoms with Crippen LogP contribution in [0.5, 0.6) is 0 Å². The Labute approximate surface area is 84.6 Å². The van der Waals surface area contributed by atoms with Crippen molar-refractivity contribution in [3.8, 4) is 0 Å². The Bertz CT molecular complexity index is 382. The number of carbonyl (C=O) groups is 1. The summed E-state index contributed by atoms with van der Waals surface area (Å²) < 4.78 is 0. The molecule has 6 heteroatoms. The van der Waals surface area contributed by atoms with E-state index in [2.05, 4.69) is 0 Å². The number of Topliss-reactive ketones (excluding diaryl/α,β-unsaturated/α-hetero) is 1. The lowest BCUT2D eigenvalue weighted by Gasteiger charge is -2.02. The molecule has 0 spiro atoms. The van der Waals surface area contributed by atoms with Gasteiger partial charge in [0.05, 0.1) is 9.95 Å². The summed E-state index contributed by atoms with van der Waals surface area (Å²) >= 11 is 5.68. The SMILES string of the molecule is CC(=O)c1cc([N+](=O)[O-])c(N)cc1Cl. The van der Waals surface area contributed by atoms with Crippen LogP contribution in [0, 0.1) is 10.1 Å². The van der Waals surface area contributed by atoms with Gasteiger partial charge in [-0.2, -0.15) is 0 Å². The number of hydrogen-bond acceptors (Lipinski definition) is 4. The van der Waals surface area contributed by atoms with E-state index >= 15 is 0 Å². The number of hydrogen-bond donors (Lipinski definition) is 1. The van der Waals surface area contributed by atoms with E-state index in [9.17, 15) is 14.9 Å². The first-order valence-electron chi connectivity index (χ1n) is 3.68. The van der Waals surface area contributed by atoms with Crippen molar-refractivity contribution in [3.63, 3.8) is 0 Å². The Morgan fingerprint density at radius 2 is 2.14 bits per heavy atom. The molecule has 0 aliphatic rings. The maximum absolute atomic E-state index is 11.0. The van der Waals surface area contributed by atoms with Crippen LogP contribution in [0.3, 0.4) is 0 Å². The van der Waals surface area contributed by atoms with E-state index in [0.717, 1.165) is 6.07 Å². The van der Waals surface area contributed by atoms with E-state index in [1.807, 2.05) is 0 Å². The quantitative estimate of drug-likeness (QED) is 0.353. The Morgan fingerprint density at radius 3 is 2.57 bits per heavy atom. The normalized spacial score (nSPS) is 9.86. The summed E-state index contributed by atoms with van der Waals surface area (Å²) in [6, 6.07) is 2.29. The number of anilines is 1. The van der Waals surface area contributed by atoms with Gasteiger partial charge in [0.25, 0.3) is 5.69 Å². The number of ketones is 1. The van der Waals surface area contributed by atoms with Crippen LogP contribution in [0.1, 0.15) is 17.3 Å². The summed E-state index contributed by atoms with van der Waals surface area (Å²) in [4.78, 5) is 20.8. The Balaban J connectivity index is 3.42. The molecule has 0 saturated heterocycles. The van der Waals surface area contributed by atoms with Gasteiger partial charge < -0.3 is 5.73 Å². The average Bonchev–Trinajstić information content (AvgIpc) is 2.02. The molecule has 0 fully saturated rings. The number of carbonyl (C=O) groups excluding carboxylic acids is 1. The van der Waals surface area contributed by atoms with Gasteiger partial charge in [0, 0.05) is 11.6 Å². The molecule has 74 valence electrons. The number of benzene rings is 1. The first kappa shape index (κ1) is 10.5. The monoisotopic (exact) mass is 214 g/mol. The molecule has 0 aromatic heterocycles. The Hall–Kier alpha value is -1.62. The summed E-state index contributed by atoms with van der Waals surface area (Å²) in [5, 5.41) is 10.6. The van der Waals surface area contributed by atoms with Gasteiger partial charge >= 0.3 is 0 Å². The second-order valence-corrected chi connectivity index (χ2v) is 3.11. The molecule has 1 aromatic rings. The topological polar surface area (TPSA) is 86.2 Å². The molecule has 1 aromatic carbocycles. The molecule has 14 heavy (non-hydrogen) atoms. The number of nitrogens with zero attached hydrogens (tertiary/aromatic N) is 1. The van der Waals surface area contributed by atoms with Gasteiger partial charge in [-0.15, -0.1) is 0 Å². The van der Waals surface area contributed by atoms with Crippen LogP contribution in [0.2, 0.25) is 5.02 Å². The lowest BCUT2D eigenvalue weighted by Crippen LogP contribution is -2.00. The zero-order valence-corrected chi connectivity index (χ0v) is 8.04. The van der Waals surface area contributed by atoms with Crippen LogP contribution in [-0.4, -0.2) is 10.7 Å². The van der Waals surface area contributed by atoms with Crippen LogP contribution in [-0.2, 0) is 0 Å². The van der Waals surface area contributed by atoms with Crippen molar-refractivity contribution >= 4 is 28.8 Å². The molecule has 2 N–H and O–H groups in total. The molecule has 0 heterocycles. The molecule has 0 amide bonds. The molecule has 0 bridgehead atoms. The predicted octanol–water partition coefficient (Wildman–Crippen LogP) is 2.03. The van der Waals surface area contributed by atoms with Gasteiger partial charge in [-0.1, -0.05) is 11.6 Å². The van der Waals surface area contributed by atoms with Crippen LogP contribution < -0.4 is 5.73 Å². The molecule has 0 aliphatic heterocycles. The lowest BCUT2D eigenvalue weighted by molar-refractivity contribution is -0.383. The number of halogens is 1. The summed E-state index contributed by atoms with van der Waals surface area (Å²) in [7, 11) is 0. The van der Waals surface area contributed by atoms with Crippen LogP contribution in [0.15, 0.2) is 12.1 Å². The molecule has 0 saturated carbocycles. The van der Waals surface area contributed by atoms with E-state index in [0.29, 0.717) is 0 Å². The van der Waals surface area contributed by atoms with Gasteiger partial charge in [-0.3, -0.25) is 14.9 Å². The number of nitrogens with two attached hydrogens (primary N) is 1. The molecule has 0 atom stereocenters. The first-order chi connectivity index (χ1) is 6.43. The van der Waals surface area contributed by atoms with Gasteiger partial charge in [-0.05, 0) is 13.0 Å². The van der Waals surface area contributed by atoms with E-state index in [1.54, 1.807) is 0 Å². The van der Waals surface area contributed by atoms with Crippen molar-refractivity contribution in [3.05, 3.63) is 32.8 Å². The van der Waals surface area contributed by atoms with Crippen molar-refractivity contribution in [1.29, 1.82) is 0 Å². The van der Waals surface area contributed by atoms with Gasteiger partial charge in [0.15, 0.2) is 5.78 Å². The van der Waals surface area contributed by atoms with Crippen LogP contribution in [0.25, 0.3) is 0 Å². The highest BCUT2D eigenvalue weighted by molar-refractivity contribution is 6.34. The number of nitro benzene ring substituents is 1.